The maximum absolute atomic E-state index is 13.6. The molecule has 2 N–H and O–H groups in total. The average Bonchev–Trinajstić information content (AvgIpc) is 2.38. The van der Waals surface area contributed by atoms with Crippen LogP contribution in [-0.4, -0.2) is 4.92 Å². The molecular formula is C13H12F2N3O2+. The topological polar surface area (TPSA) is 69.3 Å². The third-order valence-electron chi connectivity index (χ3n) is 2.82. The highest BCUT2D eigenvalue weighted by atomic mass is 19.1. The summed E-state index contributed by atoms with van der Waals surface area (Å²) in [5.41, 5.74) is 0.0693. The molecule has 1 heterocycles. The molecule has 0 unspecified atom stereocenters. The second-order valence-corrected chi connectivity index (χ2v) is 4.22. The lowest BCUT2D eigenvalue weighted by atomic mass is 10.1. The van der Waals surface area contributed by atoms with Gasteiger partial charge >= 0.3 is 11.5 Å². The van der Waals surface area contributed by atoms with E-state index in [1.54, 1.807) is 6.92 Å². The van der Waals surface area contributed by atoms with Gasteiger partial charge in [0.2, 0.25) is 0 Å². The quantitative estimate of drug-likeness (QED) is 0.691. The third-order valence-corrected chi connectivity index (χ3v) is 2.82. The Balaban J connectivity index is 2.28. The zero-order valence-electron chi connectivity index (χ0n) is 10.6. The number of rotatable bonds is 4. The van der Waals surface area contributed by atoms with Crippen LogP contribution in [0.1, 0.15) is 18.5 Å². The van der Waals surface area contributed by atoms with E-state index >= 15 is 0 Å². The Morgan fingerprint density at radius 2 is 2.10 bits per heavy atom. The molecule has 2 rings (SSSR count). The minimum absolute atomic E-state index is 0.151. The molecule has 1 aromatic heterocycles. The number of aromatic amines is 1. The van der Waals surface area contributed by atoms with Crippen molar-refractivity contribution in [3.8, 4) is 0 Å². The molecule has 7 heteroatoms. The number of nitro groups is 1. The van der Waals surface area contributed by atoms with Crippen LogP contribution in [0.25, 0.3) is 0 Å². The van der Waals surface area contributed by atoms with Crippen molar-refractivity contribution in [2.45, 2.75) is 13.0 Å². The highest BCUT2D eigenvalue weighted by Crippen LogP contribution is 2.25. The van der Waals surface area contributed by atoms with Gasteiger partial charge in [-0.3, -0.25) is 15.4 Å². The monoisotopic (exact) mass is 280 g/mol. The van der Waals surface area contributed by atoms with Crippen LogP contribution in [0, 0.1) is 21.7 Å². The molecule has 0 aliphatic rings. The predicted molar refractivity (Wildman–Crippen MR) is 68.0 cm³/mol. The molecule has 2 aromatic rings. The summed E-state index contributed by atoms with van der Waals surface area (Å²) in [6.07, 6.45) is 1.52. The highest BCUT2D eigenvalue weighted by molar-refractivity contribution is 5.52. The van der Waals surface area contributed by atoms with Gasteiger partial charge < -0.3 is 0 Å². The van der Waals surface area contributed by atoms with Crippen LogP contribution in [0.3, 0.4) is 0 Å². The number of nitrogens with one attached hydrogen (secondary N) is 2. The van der Waals surface area contributed by atoms with Crippen molar-refractivity contribution in [3.05, 3.63) is 63.8 Å². The second kappa shape index (κ2) is 5.60. The van der Waals surface area contributed by atoms with Gasteiger partial charge in [-0.2, -0.15) is 0 Å². The number of halogens is 2. The van der Waals surface area contributed by atoms with E-state index in [0.29, 0.717) is 0 Å². The minimum Gasteiger partial charge on any atom is -0.262 e. The largest absolute Gasteiger partial charge is 0.357 e. The van der Waals surface area contributed by atoms with Crippen LogP contribution in [0.15, 0.2) is 36.5 Å². The Labute approximate surface area is 113 Å². The van der Waals surface area contributed by atoms with Crippen molar-refractivity contribution in [2.75, 3.05) is 5.32 Å². The van der Waals surface area contributed by atoms with Crippen LogP contribution >= 0.6 is 0 Å². The Morgan fingerprint density at radius 1 is 1.35 bits per heavy atom. The standard InChI is InChI=1S/C13H11F2N3O2/c1-8(10-5-4-9(14)7-11(10)15)17-13-12(18(19)20)3-2-6-16-13/h2-8H,1H3,(H,16,17)/p+1/t8-/m0/s1. The Hall–Kier alpha value is -2.57. The van der Waals surface area contributed by atoms with E-state index in [-0.39, 0.29) is 17.1 Å². The highest BCUT2D eigenvalue weighted by Gasteiger charge is 2.24. The zero-order chi connectivity index (χ0) is 14.7. The van der Waals surface area contributed by atoms with E-state index in [1.807, 2.05) is 0 Å². The van der Waals surface area contributed by atoms with E-state index in [9.17, 15) is 18.9 Å². The molecule has 0 aliphatic heterocycles. The minimum atomic E-state index is -0.705. The summed E-state index contributed by atoms with van der Waals surface area (Å²) in [7, 11) is 0. The first-order valence-electron chi connectivity index (χ1n) is 5.85. The summed E-state index contributed by atoms with van der Waals surface area (Å²) >= 11 is 0. The van der Waals surface area contributed by atoms with Crippen LogP contribution in [0.5, 0.6) is 0 Å². The molecule has 0 radical (unpaired) electrons. The summed E-state index contributed by atoms with van der Waals surface area (Å²) in [5.74, 6) is -1.21. The summed E-state index contributed by atoms with van der Waals surface area (Å²) in [5, 5.41) is 13.7. The van der Waals surface area contributed by atoms with Crippen LogP contribution in [0.2, 0.25) is 0 Å². The first-order valence-corrected chi connectivity index (χ1v) is 5.85. The van der Waals surface area contributed by atoms with Crippen molar-refractivity contribution >= 4 is 11.5 Å². The maximum Gasteiger partial charge on any atom is 0.357 e. The summed E-state index contributed by atoms with van der Waals surface area (Å²) in [6.45, 7) is 1.63. The lowest BCUT2D eigenvalue weighted by Gasteiger charge is -2.10. The van der Waals surface area contributed by atoms with Crippen molar-refractivity contribution < 1.29 is 18.7 Å². The van der Waals surface area contributed by atoms with Gasteiger partial charge in [0.05, 0.1) is 11.1 Å². The fourth-order valence-corrected chi connectivity index (χ4v) is 1.84. The van der Waals surface area contributed by atoms with Gasteiger partial charge in [0.25, 0.3) is 0 Å². The average molecular weight is 280 g/mol. The maximum atomic E-state index is 13.6. The molecule has 0 spiro atoms. The Morgan fingerprint density at radius 3 is 2.75 bits per heavy atom. The number of hydrogen-bond donors (Lipinski definition) is 1. The third kappa shape index (κ3) is 2.87. The van der Waals surface area contributed by atoms with Gasteiger partial charge in [-0.1, -0.05) is 0 Å². The molecule has 1 aromatic carbocycles. The lowest BCUT2D eigenvalue weighted by molar-refractivity contribution is -0.409. The van der Waals surface area contributed by atoms with Crippen LogP contribution < -0.4 is 10.3 Å². The van der Waals surface area contributed by atoms with Gasteiger partial charge in [-0.15, -0.1) is 0 Å². The van der Waals surface area contributed by atoms with Gasteiger partial charge in [-0.05, 0) is 25.1 Å². The van der Waals surface area contributed by atoms with Gasteiger partial charge in [0.15, 0.2) is 0 Å². The molecule has 0 amide bonds. The molecule has 0 bridgehead atoms. The Kier molecular flexibility index (Phi) is 3.88. The number of nitrogens with zero attached hydrogens (tertiary/aromatic N) is 1. The van der Waals surface area contributed by atoms with Gasteiger partial charge in [-0.25, -0.2) is 13.8 Å². The molecular weight excluding hydrogens is 268 g/mol. The van der Waals surface area contributed by atoms with E-state index < -0.39 is 22.6 Å². The smallest absolute Gasteiger partial charge is 0.262 e. The van der Waals surface area contributed by atoms with E-state index in [1.165, 1.54) is 24.4 Å². The first kappa shape index (κ1) is 13.9. The fraction of sp³-hybridized carbons (Fsp3) is 0.154. The molecule has 5 nitrogen and oxygen atoms in total. The second-order valence-electron chi connectivity index (χ2n) is 4.22. The number of pyridine rings is 1. The Bertz CT molecular complexity index is 649. The summed E-state index contributed by atoms with van der Waals surface area (Å²) in [6, 6.07) is 5.47. The van der Waals surface area contributed by atoms with E-state index in [0.717, 1.165) is 12.1 Å². The van der Waals surface area contributed by atoms with Gasteiger partial charge in [0.1, 0.15) is 17.7 Å². The van der Waals surface area contributed by atoms with Crippen molar-refractivity contribution in [1.29, 1.82) is 0 Å². The lowest BCUT2D eigenvalue weighted by Crippen LogP contribution is -2.18. The molecule has 1 atom stereocenters. The number of benzene rings is 1. The predicted octanol–water partition coefficient (Wildman–Crippen LogP) is 2.86. The van der Waals surface area contributed by atoms with Crippen molar-refractivity contribution in [1.82, 2.24) is 0 Å². The fourth-order valence-electron chi connectivity index (χ4n) is 1.84. The number of H-pyrrole nitrogens is 1. The van der Waals surface area contributed by atoms with Gasteiger partial charge in [0, 0.05) is 17.7 Å². The molecule has 0 saturated carbocycles. The van der Waals surface area contributed by atoms with Crippen molar-refractivity contribution in [3.63, 3.8) is 0 Å². The first-order chi connectivity index (χ1) is 9.49. The normalized spacial score (nSPS) is 11.9. The molecule has 0 saturated heterocycles. The SMILES string of the molecule is C[C@H](Nc1[nH+]cccc1[N+](=O)[O-])c1ccc(F)cc1F. The number of anilines is 1. The molecule has 20 heavy (non-hydrogen) atoms. The molecule has 104 valence electrons. The van der Waals surface area contributed by atoms with E-state index in [4.69, 9.17) is 0 Å². The van der Waals surface area contributed by atoms with Crippen molar-refractivity contribution in [2.24, 2.45) is 0 Å². The molecule has 0 fully saturated rings. The zero-order valence-corrected chi connectivity index (χ0v) is 10.6. The summed E-state index contributed by atoms with van der Waals surface area (Å²) in [4.78, 5) is 13.0. The number of aromatic nitrogens is 1. The van der Waals surface area contributed by atoms with Crippen LogP contribution in [0.4, 0.5) is 20.3 Å². The number of hydrogen-bond acceptors (Lipinski definition) is 3. The summed E-state index contributed by atoms with van der Waals surface area (Å²) < 4.78 is 26.5. The van der Waals surface area contributed by atoms with E-state index in [2.05, 4.69) is 10.3 Å². The van der Waals surface area contributed by atoms with Crippen LogP contribution in [-0.2, 0) is 0 Å². The molecule has 0 aliphatic carbocycles.